The maximum absolute atomic E-state index is 12.5. The fourth-order valence-corrected chi connectivity index (χ4v) is 11.0. The third-order valence-electron chi connectivity index (χ3n) is 11.0. The van der Waals surface area contributed by atoms with Crippen molar-refractivity contribution in [1.29, 1.82) is 0 Å². The molecule has 30 heavy (non-hydrogen) atoms. The number of esters is 1. The second-order valence-electron chi connectivity index (χ2n) is 12.5. The first-order chi connectivity index (χ1) is 14.0. The molecule has 13 atom stereocenters. The van der Waals surface area contributed by atoms with Gasteiger partial charge in [-0.05, 0) is 37.0 Å². The summed E-state index contributed by atoms with van der Waals surface area (Å²) in [6.07, 6.45) is 1.24. The molecule has 3 saturated heterocycles. The second kappa shape index (κ2) is 4.85. The molecule has 0 aromatic carbocycles. The number of aliphatic hydroxyl groups is 3. The Bertz CT molecular complexity index is 904. The van der Waals surface area contributed by atoms with Crippen LogP contribution in [0.15, 0.2) is 12.2 Å². The Balaban J connectivity index is 1.42. The summed E-state index contributed by atoms with van der Waals surface area (Å²) in [4.78, 5) is 15.0. The van der Waals surface area contributed by atoms with Crippen LogP contribution in [0.4, 0.5) is 0 Å². The normalized spacial score (nSPS) is 65.7. The van der Waals surface area contributed by atoms with Gasteiger partial charge in [-0.2, -0.15) is 0 Å². The summed E-state index contributed by atoms with van der Waals surface area (Å²) in [6.45, 7) is 11.1. The smallest absolute Gasteiger partial charge is 0.308 e. The van der Waals surface area contributed by atoms with E-state index in [1.807, 2.05) is 13.8 Å². The molecule has 3 aliphatic heterocycles. The number of hydrogen-bond donors (Lipinski definition) is 3. The van der Waals surface area contributed by atoms with Gasteiger partial charge in [-0.25, -0.2) is 0 Å². The molecule has 9 fully saturated rings. The number of carbonyl (C=O) groups is 1. The van der Waals surface area contributed by atoms with Gasteiger partial charge in [0.05, 0.1) is 18.1 Å². The minimum Gasteiger partial charge on any atom is -0.462 e. The van der Waals surface area contributed by atoms with Gasteiger partial charge in [0.2, 0.25) is 0 Å². The molecule has 0 radical (unpaired) electrons. The van der Waals surface area contributed by atoms with E-state index in [4.69, 9.17) is 4.74 Å². The molecule has 6 aliphatic carbocycles. The van der Waals surface area contributed by atoms with Crippen LogP contribution in [0.2, 0.25) is 0 Å². The van der Waals surface area contributed by atoms with Gasteiger partial charge in [-0.3, -0.25) is 9.69 Å². The molecule has 0 amide bonds. The standard InChI is InChI=1S/C24H33NO5/c1-10(2)19(28)30-12-6-21(4)9-25-13-8-22-5-11(3)14-15(26)17(22)23(7-12,16(13)21)20(25)24(22,29)18(14)27/h10,12-18,20,26-27,29H,3,5-9H2,1-2,4H3/t12-,13-,14+,15-,16+,17+,18-,20-,21+,22+,23-,24-/m0/s1. The Kier molecular flexibility index (Phi) is 3.01. The minimum atomic E-state index is -1.21. The number of ether oxygens (including phenoxy) is 1. The molecule has 6 saturated carbocycles. The summed E-state index contributed by atoms with van der Waals surface area (Å²) in [7, 11) is 0. The zero-order valence-corrected chi connectivity index (χ0v) is 18.0. The Labute approximate surface area is 177 Å². The third-order valence-corrected chi connectivity index (χ3v) is 11.0. The van der Waals surface area contributed by atoms with Crippen LogP contribution in [-0.2, 0) is 9.53 Å². The van der Waals surface area contributed by atoms with Crippen molar-refractivity contribution < 1.29 is 24.9 Å². The van der Waals surface area contributed by atoms with E-state index in [2.05, 4.69) is 18.4 Å². The lowest BCUT2D eigenvalue weighted by Gasteiger charge is -2.67. The predicted molar refractivity (Wildman–Crippen MR) is 107 cm³/mol. The van der Waals surface area contributed by atoms with Gasteiger partial charge in [-0.15, -0.1) is 0 Å². The number of fused-ring (bicyclic) bond motifs is 1. The molecule has 6 nitrogen and oxygen atoms in total. The molecule has 0 aromatic rings. The van der Waals surface area contributed by atoms with Crippen LogP contribution in [0.5, 0.6) is 0 Å². The lowest BCUT2D eigenvalue weighted by atomic mass is 9.39. The molecule has 9 rings (SSSR count). The molecular weight excluding hydrogens is 382 g/mol. The van der Waals surface area contributed by atoms with E-state index in [0.717, 1.165) is 25.0 Å². The highest BCUT2D eigenvalue weighted by Crippen LogP contribution is 2.88. The van der Waals surface area contributed by atoms with Crippen LogP contribution in [0, 0.1) is 39.9 Å². The van der Waals surface area contributed by atoms with Crippen molar-refractivity contribution in [2.45, 2.75) is 82.5 Å². The van der Waals surface area contributed by atoms with Crippen LogP contribution in [0.3, 0.4) is 0 Å². The van der Waals surface area contributed by atoms with E-state index in [9.17, 15) is 20.1 Å². The monoisotopic (exact) mass is 415 g/mol. The molecule has 2 spiro atoms. The van der Waals surface area contributed by atoms with Crippen LogP contribution >= 0.6 is 0 Å². The van der Waals surface area contributed by atoms with E-state index >= 15 is 0 Å². The average molecular weight is 416 g/mol. The first-order valence-electron chi connectivity index (χ1n) is 11.8. The first-order valence-corrected chi connectivity index (χ1v) is 11.8. The number of hydrogen-bond acceptors (Lipinski definition) is 6. The summed E-state index contributed by atoms with van der Waals surface area (Å²) in [5, 5.41) is 35.3. The van der Waals surface area contributed by atoms with E-state index < -0.39 is 29.1 Å². The fourth-order valence-electron chi connectivity index (χ4n) is 11.0. The van der Waals surface area contributed by atoms with Crippen LogP contribution in [0.25, 0.3) is 0 Å². The number of carbonyl (C=O) groups excluding carboxylic acids is 1. The number of piperidine rings is 2. The average Bonchev–Trinajstić information content (AvgIpc) is 3.05. The van der Waals surface area contributed by atoms with Crippen LogP contribution in [0.1, 0.15) is 46.5 Å². The fraction of sp³-hybridized carbons (Fsp3) is 0.875. The van der Waals surface area contributed by atoms with Crippen LogP contribution in [-0.4, -0.2) is 68.7 Å². The van der Waals surface area contributed by atoms with Gasteiger partial charge >= 0.3 is 5.97 Å². The van der Waals surface area contributed by atoms with Crippen molar-refractivity contribution in [3.05, 3.63) is 12.2 Å². The summed E-state index contributed by atoms with van der Waals surface area (Å²) in [5.74, 6) is -0.476. The van der Waals surface area contributed by atoms with Crippen molar-refractivity contribution in [3.63, 3.8) is 0 Å². The molecule has 1 unspecified atom stereocenters. The molecule has 3 heterocycles. The maximum atomic E-state index is 12.5. The zero-order chi connectivity index (χ0) is 21.2. The van der Waals surface area contributed by atoms with Gasteiger partial charge in [0, 0.05) is 41.3 Å². The van der Waals surface area contributed by atoms with Gasteiger partial charge in [0.25, 0.3) is 0 Å². The van der Waals surface area contributed by atoms with Gasteiger partial charge in [0.15, 0.2) is 0 Å². The van der Waals surface area contributed by atoms with E-state index in [0.29, 0.717) is 24.8 Å². The number of nitrogens with zero attached hydrogens (tertiary/aromatic N) is 1. The summed E-state index contributed by atoms with van der Waals surface area (Å²) in [5.41, 5.74) is -1.11. The largest absolute Gasteiger partial charge is 0.462 e. The SMILES string of the molecule is C=C1C[C@@]23C[C@H]4[C@@H]5[C@]6(C)C[C@H](OC(=O)C(C)C)C[C@@]57[C@@H]2[C@@H](O)[C@@H]1[C@H](O)[C@]3(O)[C@H]7N4C6. The molecule has 6 heteroatoms. The number of rotatable bonds is 2. The third kappa shape index (κ3) is 1.49. The predicted octanol–water partition coefficient (Wildman–Crippen LogP) is 1.09. The van der Waals surface area contributed by atoms with Gasteiger partial charge in [0.1, 0.15) is 11.7 Å². The number of aliphatic hydroxyl groups excluding tert-OH is 2. The molecule has 0 aromatic heterocycles. The lowest BCUT2D eigenvalue weighted by molar-refractivity contribution is -0.280. The minimum absolute atomic E-state index is 0.0116. The summed E-state index contributed by atoms with van der Waals surface area (Å²) in [6, 6.07) is 0.232. The van der Waals surface area contributed by atoms with Crippen molar-refractivity contribution in [1.82, 2.24) is 4.90 Å². The highest BCUT2D eigenvalue weighted by Gasteiger charge is 2.94. The Morgan fingerprint density at radius 2 is 1.97 bits per heavy atom. The van der Waals surface area contributed by atoms with Crippen LogP contribution < -0.4 is 0 Å². The summed E-state index contributed by atoms with van der Waals surface area (Å²) < 4.78 is 6.02. The zero-order valence-electron chi connectivity index (χ0n) is 18.0. The topological polar surface area (TPSA) is 90.2 Å². The molecular formula is C24H33NO5. The second-order valence-corrected chi connectivity index (χ2v) is 12.5. The van der Waals surface area contributed by atoms with E-state index in [-0.39, 0.29) is 40.8 Å². The first kappa shape index (κ1) is 18.6. The quantitative estimate of drug-likeness (QED) is 0.462. The van der Waals surface area contributed by atoms with Crippen molar-refractivity contribution in [2.75, 3.05) is 6.54 Å². The van der Waals surface area contributed by atoms with E-state index in [1.165, 1.54) is 0 Å². The van der Waals surface area contributed by atoms with Crippen molar-refractivity contribution in [3.8, 4) is 0 Å². The highest BCUT2D eigenvalue weighted by molar-refractivity contribution is 5.71. The van der Waals surface area contributed by atoms with Gasteiger partial charge in [-0.1, -0.05) is 32.9 Å². The summed E-state index contributed by atoms with van der Waals surface area (Å²) >= 11 is 0. The molecule has 9 aliphatic rings. The Hall–Kier alpha value is -0.950. The molecule has 3 N–H and O–H groups in total. The van der Waals surface area contributed by atoms with E-state index in [1.54, 1.807) is 0 Å². The van der Waals surface area contributed by atoms with Gasteiger partial charge < -0.3 is 20.1 Å². The lowest BCUT2D eigenvalue weighted by Crippen LogP contribution is -2.76. The Morgan fingerprint density at radius 1 is 1.23 bits per heavy atom. The van der Waals surface area contributed by atoms with Crippen molar-refractivity contribution in [2.24, 2.45) is 39.9 Å². The molecule has 164 valence electrons. The Morgan fingerprint density at radius 3 is 2.67 bits per heavy atom. The highest BCUT2D eigenvalue weighted by atomic mass is 16.5. The molecule has 9 bridgehead atoms. The van der Waals surface area contributed by atoms with Crippen molar-refractivity contribution >= 4 is 5.97 Å². The maximum Gasteiger partial charge on any atom is 0.308 e.